The first-order valence-corrected chi connectivity index (χ1v) is 9.70. The van der Waals surface area contributed by atoms with E-state index in [1.165, 1.54) is 6.42 Å². The summed E-state index contributed by atoms with van der Waals surface area (Å²) in [5.74, 6) is -1.95. The summed E-state index contributed by atoms with van der Waals surface area (Å²) in [5, 5.41) is 2.73. The summed E-state index contributed by atoms with van der Waals surface area (Å²) in [4.78, 5) is 24.4. The first-order valence-electron chi connectivity index (χ1n) is 9.70. The van der Waals surface area contributed by atoms with Crippen molar-refractivity contribution in [2.45, 2.75) is 75.7 Å². The fraction of sp³-hybridized carbons (Fsp3) is 0.889. The van der Waals surface area contributed by atoms with E-state index in [0.717, 1.165) is 44.5 Å². The Morgan fingerprint density at radius 3 is 2.41 bits per heavy atom. The molecule has 0 radical (unpaired) electrons. The third-order valence-electron chi connectivity index (χ3n) is 5.51. The molecule has 2 rings (SSSR count). The van der Waals surface area contributed by atoms with Gasteiger partial charge in [-0.25, -0.2) is 4.79 Å². The van der Waals surface area contributed by atoms with Crippen molar-refractivity contribution in [1.29, 1.82) is 0 Å². The monoisotopic (exact) mass is 395 g/mol. The van der Waals surface area contributed by atoms with Gasteiger partial charge < -0.3 is 14.8 Å². The number of methoxy groups -OCH3 is 1. The van der Waals surface area contributed by atoms with Crippen molar-refractivity contribution < 1.29 is 37.6 Å². The summed E-state index contributed by atoms with van der Waals surface area (Å²) >= 11 is 0. The van der Waals surface area contributed by atoms with E-state index in [1.807, 2.05) is 5.32 Å². The lowest BCUT2D eigenvalue weighted by molar-refractivity contribution is -0.747. The smallest absolute Gasteiger partial charge is 0.463 e. The van der Waals surface area contributed by atoms with Crippen LogP contribution in [0.2, 0.25) is 0 Å². The minimum atomic E-state index is -5.00. The van der Waals surface area contributed by atoms with Crippen LogP contribution in [0.1, 0.15) is 57.8 Å². The Labute approximate surface area is 157 Å². The average molecular weight is 395 g/mol. The molecule has 1 saturated carbocycles. The van der Waals surface area contributed by atoms with Gasteiger partial charge in [0.15, 0.2) is 0 Å². The second-order valence-corrected chi connectivity index (χ2v) is 7.46. The Balaban J connectivity index is 2.04. The predicted octanol–water partition coefficient (Wildman–Crippen LogP) is 1.64. The van der Waals surface area contributed by atoms with Crippen LogP contribution in [0.15, 0.2) is 0 Å². The van der Waals surface area contributed by atoms with Gasteiger partial charge in [0.25, 0.3) is 0 Å². The molecule has 0 aromatic carbocycles. The highest BCUT2D eigenvalue weighted by Gasteiger charge is 2.67. The molecule has 3 N–H and O–H groups in total. The summed E-state index contributed by atoms with van der Waals surface area (Å²) in [7, 11) is 0.886. The van der Waals surface area contributed by atoms with Crippen molar-refractivity contribution >= 4 is 11.9 Å². The van der Waals surface area contributed by atoms with Crippen molar-refractivity contribution in [2.24, 2.45) is 5.92 Å². The highest BCUT2D eigenvalue weighted by atomic mass is 19.4. The molecule has 2 atom stereocenters. The van der Waals surface area contributed by atoms with Gasteiger partial charge in [-0.3, -0.25) is 10.1 Å². The first-order chi connectivity index (χ1) is 12.8. The maximum Gasteiger partial charge on any atom is 0.478 e. The predicted molar refractivity (Wildman–Crippen MR) is 90.5 cm³/mol. The number of nitrogens with one attached hydrogen (secondary N) is 1. The van der Waals surface area contributed by atoms with Crippen molar-refractivity contribution in [3.63, 3.8) is 0 Å². The zero-order valence-corrected chi connectivity index (χ0v) is 15.8. The number of amides is 1. The van der Waals surface area contributed by atoms with Crippen molar-refractivity contribution in [3.05, 3.63) is 0 Å². The van der Waals surface area contributed by atoms with Crippen molar-refractivity contribution in [1.82, 2.24) is 5.32 Å². The van der Waals surface area contributed by atoms with Crippen LogP contribution in [-0.4, -0.2) is 50.1 Å². The average Bonchev–Trinajstić information content (AvgIpc) is 3.16. The van der Waals surface area contributed by atoms with E-state index in [2.05, 4.69) is 4.74 Å². The van der Waals surface area contributed by atoms with Crippen LogP contribution in [0, 0.1) is 5.92 Å². The topological polar surface area (TPSA) is 81.2 Å². The molecule has 9 heteroatoms. The Kier molecular flexibility index (Phi) is 7.91. The van der Waals surface area contributed by atoms with Crippen molar-refractivity contribution in [3.8, 4) is 0 Å². The molecule has 1 amide bonds. The molecule has 27 heavy (non-hydrogen) atoms. The summed E-state index contributed by atoms with van der Waals surface area (Å²) in [6.07, 6.45) is 1.87. The second-order valence-electron chi connectivity index (χ2n) is 7.46. The number of ether oxygens (including phenoxy) is 2. The number of carbonyl (C=O) groups excluding carboxylic acids is 2. The van der Waals surface area contributed by atoms with Crippen LogP contribution < -0.4 is 10.6 Å². The fourth-order valence-corrected chi connectivity index (χ4v) is 3.88. The molecule has 1 saturated heterocycles. The van der Waals surface area contributed by atoms with E-state index in [9.17, 15) is 22.8 Å². The Morgan fingerprint density at radius 2 is 1.85 bits per heavy atom. The summed E-state index contributed by atoms with van der Waals surface area (Å²) in [5.41, 5.74) is -3.14. The Bertz CT molecular complexity index is 503. The summed E-state index contributed by atoms with van der Waals surface area (Å²) in [6.45, 7) is 0.404. The van der Waals surface area contributed by atoms with Gasteiger partial charge in [-0.05, 0) is 25.2 Å². The zero-order valence-electron chi connectivity index (χ0n) is 15.8. The SMILES string of the molecule is COC(=O)[C@](NC(=O)CCC1CCCCC1)([NH2+]C[C@H]1CCCO1)C(F)(F)F. The number of hydrogen-bond acceptors (Lipinski definition) is 4. The van der Waals surface area contributed by atoms with Crippen LogP contribution in [0.25, 0.3) is 0 Å². The number of alkyl halides is 3. The molecule has 0 aromatic rings. The molecule has 2 aliphatic rings. The van der Waals surface area contributed by atoms with E-state index in [0.29, 0.717) is 25.4 Å². The van der Waals surface area contributed by atoms with Gasteiger partial charge >= 0.3 is 17.8 Å². The van der Waals surface area contributed by atoms with Gasteiger partial charge in [0.05, 0.1) is 7.11 Å². The summed E-state index contributed by atoms with van der Waals surface area (Å²) in [6, 6.07) is 0. The van der Waals surface area contributed by atoms with E-state index < -0.39 is 23.7 Å². The molecule has 1 aliphatic heterocycles. The third kappa shape index (κ3) is 5.81. The van der Waals surface area contributed by atoms with E-state index in [-0.39, 0.29) is 19.1 Å². The first kappa shape index (κ1) is 21.9. The van der Waals surface area contributed by atoms with Gasteiger partial charge in [0.2, 0.25) is 5.91 Å². The van der Waals surface area contributed by atoms with Crippen LogP contribution >= 0.6 is 0 Å². The maximum atomic E-state index is 13.9. The highest BCUT2D eigenvalue weighted by molar-refractivity contribution is 5.87. The van der Waals surface area contributed by atoms with Crippen molar-refractivity contribution in [2.75, 3.05) is 20.3 Å². The number of esters is 1. The second kappa shape index (κ2) is 9.73. The maximum absolute atomic E-state index is 13.9. The van der Waals surface area contributed by atoms with Gasteiger partial charge in [0.1, 0.15) is 12.6 Å². The molecule has 1 heterocycles. The normalized spacial score (nSPS) is 23.6. The van der Waals surface area contributed by atoms with Gasteiger partial charge in [-0.2, -0.15) is 13.2 Å². The third-order valence-corrected chi connectivity index (χ3v) is 5.51. The Hall–Kier alpha value is -1.35. The lowest BCUT2D eigenvalue weighted by Gasteiger charge is -2.32. The van der Waals surface area contributed by atoms with Gasteiger partial charge in [-0.1, -0.05) is 32.1 Å². The largest absolute Gasteiger partial charge is 0.478 e. The van der Waals surface area contributed by atoms with Gasteiger partial charge in [-0.15, -0.1) is 0 Å². The number of nitrogens with two attached hydrogens (primary N) is 1. The number of halogens is 3. The number of rotatable bonds is 8. The zero-order chi connectivity index (χ0) is 19.9. The van der Waals surface area contributed by atoms with Crippen LogP contribution in [0.3, 0.4) is 0 Å². The Morgan fingerprint density at radius 1 is 1.15 bits per heavy atom. The quantitative estimate of drug-likeness (QED) is 0.484. The molecular formula is C18H30F3N2O4+. The molecule has 0 bridgehead atoms. The summed E-state index contributed by atoms with van der Waals surface area (Å²) < 4.78 is 51.3. The lowest BCUT2D eigenvalue weighted by Crippen LogP contribution is -3.07. The number of carbonyl (C=O) groups is 2. The number of quaternary nitrogens is 1. The molecule has 0 unspecified atom stereocenters. The molecule has 0 aromatic heterocycles. The molecular weight excluding hydrogens is 365 g/mol. The lowest BCUT2D eigenvalue weighted by atomic mass is 9.86. The minimum Gasteiger partial charge on any atom is -0.463 e. The van der Waals surface area contributed by atoms with Crippen LogP contribution in [0.5, 0.6) is 0 Å². The van der Waals surface area contributed by atoms with Crippen LogP contribution in [-0.2, 0) is 19.1 Å². The standard InChI is InChI=1S/C18H29F3N2O4/c1-26-16(25)17(18(19,20)21,22-12-14-8-5-11-27-14)23-15(24)10-9-13-6-3-2-4-7-13/h13-14,22H,2-12H2,1H3,(H,23,24)/p+1/t14-,17-/m1/s1. The minimum absolute atomic E-state index is 0.0345. The number of hydrogen-bond donors (Lipinski definition) is 2. The molecule has 1 aliphatic carbocycles. The van der Waals surface area contributed by atoms with E-state index >= 15 is 0 Å². The molecule has 0 spiro atoms. The molecule has 2 fully saturated rings. The fourth-order valence-electron chi connectivity index (χ4n) is 3.88. The highest BCUT2D eigenvalue weighted by Crippen LogP contribution is 2.29. The van der Waals surface area contributed by atoms with E-state index in [4.69, 9.17) is 4.74 Å². The van der Waals surface area contributed by atoms with Crippen LogP contribution in [0.4, 0.5) is 13.2 Å². The van der Waals surface area contributed by atoms with E-state index in [1.54, 1.807) is 0 Å². The van der Waals surface area contributed by atoms with Gasteiger partial charge in [0, 0.05) is 13.0 Å². The molecule has 156 valence electrons. The molecule has 6 nitrogen and oxygen atoms in total.